The smallest absolute Gasteiger partial charge is 0.272 e. The number of aromatic nitrogens is 4. The molecule has 0 radical (unpaired) electrons. The lowest BCUT2D eigenvalue weighted by Gasteiger charge is -2.31. The highest BCUT2D eigenvalue weighted by Crippen LogP contribution is 2.23. The number of rotatable bonds is 2. The van der Waals surface area contributed by atoms with Crippen LogP contribution in [0.25, 0.3) is 0 Å². The third kappa shape index (κ3) is 3.46. The number of carbonyl (C=O) groups excluding carboxylic acids is 1. The number of amides is 1. The summed E-state index contributed by atoms with van der Waals surface area (Å²) in [5, 5.41) is 7.22. The summed E-state index contributed by atoms with van der Waals surface area (Å²) in [4.78, 5) is 23.3. The highest BCUT2D eigenvalue weighted by atomic mass is 16.5. The van der Waals surface area contributed by atoms with Crippen molar-refractivity contribution in [3.05, 3.63) is 41.2 Å². The van der Waals surface area contributed by atoms with E-state index >= 15 is 0 Å². The molecule has 7 nitrogen and oxygen atoms in total. The van der Waals surface area contributed by atoms with Gasteiger partial charge >= 0.3 is 0 Å². The van der Waals surface area contributed by atoms with Crippen LogP contribution in [0.15, 0.2) is 18.2 Å². The first-order valence-electron chi connectivity index (χ1n) is 8.12. The van der Waals surface area contributed by atoms with E-state index in [-0.39, 0.29) is 17.4 Å². The highest BCUT2D eigenvalue weighted by Gasteiger charge is 2.30. The standard InChI is InChI=1S/C17H23N5O2/c1-11-6-5-7-12(18-11)15(23)22-8-9-24-13(10-22)14-19-16(21-20-14)17(2,3)4/h5-7,13H,8-10H2,1-4H3,(H,19,20,21). The average Bonchev–Trinajstić information content (AvgIpc) is 3.04. The largest absolute Gasteiger partial charge is 0.367 e. The topological polar surface area (TPSA) is 84.0 Å². The number of H-pyrrole nitrogens is 1. The second kappa shape index (κ2) is 6.32. The predicted molar refractivity (Wildman–Crippen MR) is 88.7 cm³/mol. The second-order valence-electron chi connectivity index (χ2n) is 7.07. The van der Waals surface area contributed by atoms with Crippen LogP contribution < -0.4 is 0 Å². The van der Waals surface area contributed by atoms with Crippen molar-refractivity contribution >= 4 is 5.91 Å². The zero-order chi connectivity index (χ0) is 17.3. The monoisotopic (exact) mass is 329 g/mol. The van der Waals surface area contributed by atoms with Gasteiger partial charge in [0, 0.05) is 17.7 Å². The van der Waals surface area contributed by atoms with Crippen molar-refractivity contribution in [2.75, 3.05) is 19.7 Å². The number of nitrogens with one attached hydrogen (secondary N) is 1. The van der Waals surface area contributed by atoms with Crippen molar-refractivity contribution in [2.24, 2.45) is 0 Å². The number of aromatic amines is 1. The summed E-state index contributed by atoms with van der Waals surface area (Å²) >= 11 is 0. The molecule has 7 heteroatoms. The Hall–Kier alpha value is -2.28. The molecule has 2 aromatic heterocycles. The van der Waals surface area contributed by atoms with Crippen LogP contribution in [0.3, 0.4) is 0 Å². The highest BCUT2D eigenvalue weighted by molar-refractivity contribution is 5.92. The first-order valence-corrected chi connectivity index (χ1v) is 8.12. The molecule has 1 unspecified atom stereocenters. The van der Waals surface area contributed by atoms with Crippen molar-refractivity contribution in [2.45, 2.75) is 39.2 Å². The van der Waals surface area contributed by atoms with Crippen molar-refractivity contribution < 1.29 is 9.53 Å². The molecular formula is C17H23N5O2. The van der Waals surface area contributed by atoms with Gasteiger partial charge in [-0.15, -0.1) is 0 Å². The van der Waals surface area contributed by atoms with Gasteiger partial charge in [-0.3, -0.25) is 9.89 Å². The third-order valence-electron chi connectivity index (χ3n) is 3.94. The fourth-order valence-electron chi connectivity index (χ4n) is 2.58. The summed E-state index contributed by atoms with van der Waals surface area (Å²) in [7, 11) is 0. The lowest BCUT2D eigenvalue weighted by molar-refractivity contribution is -0.0268. The van der Waals surface area contributed by atoms with E-state index in [4.69, 9.17) is 4.74 Å². The molecule has 24 heavy (non-hydrogen) atoms. The van der Waals surface area contributed by atoms with E-state index in [2.05, 4.69) is 40.9 Å². The van der Waals surface area contributed by atoms with E-state index in [1.54, 1.807) is 11.0 Å². The minimum absolute atomic E-state index is 0.0810. The number of aryl methyl sites for hydroxylation is 1. The number of hydrogen-bond donors (Lipinski definition) is 1. The summed E-state index contributed by atoms with van der Waals surface area (Å²) in [5.41, 5.74) is 1.16. The maximum atomic E-state index is 12.7. The quantitative estimate of drug-likeness (QED) is 0.911. The van der Waals surface area contributed by atoms with Crippen LogP contribution in [0.4, 0.5) is 0 Å². The lowest BCUT2D eigenvalue weighted by Crippen LogP contribution is -2.42. The Bertz CT molecular complexity index is 735. The molecule has 1 saturated heterocycles. The summed E-state index contributed by atoms with van der Waals surface area (Å²) in [5.74, 6) is 1.32. The Morgan fingerprint density at radius 1 is 1.33 bits per heavy atom. The molecule has 0 aliphatic carbocycles. The van der Waals surface area contributed by atoms with Crippen molar-refractivity contribution in [3.8, 4) is 0 Å². The molecule has 0 spiro atoms. The van der Waals surface area contributed by atoms with E-state index in [1.807, 2.05) is 19.1 Å². The molecule has 1 atom stereocenters. The van der Waals surface area contributed by atoms with Crippen LogP contribution in [-0.4, -0.2) is 50.7 Å². The summed E-state index contributed by atoms with van der Waals surface area (Å²) in [6.07, 6.45) is -0.295. The number of carbonyl (C=O) groups is 1. The van der Waals surface area contributed by atoms with Crippen LogP contribution in [0, 0.1) is 6.92 Å². The van der Waals surface area contributed by atoms with Crippen LogP contribution in [0.5, 0.6) is 0 Å². The molecular weight excluding hydrogens is 306 g/mol. The Morgan fingerprint density at radius 3 is 2.79 bits per heavy atom. The van der Waals surface area contributed by atoms with Crippen LogP contribution in [-0.2, 0) is 10.2 Å². The SMILES string of the molecule is Cc1cccc(C(=O)N2CCOC(c3nc(C(C)(C)C)n[nH]3)C2)n1. The minimum atomic E-state index is -0.295. The van der Waals surface area contributed by atoms with Gasteiger partial charge in [0.05, 0.1) is 13.2 Å². The zero-order valence-electron chi connectivity index (χ0n) is 14.5. The Balaban J connectivity index is 1.75. The van der Waals surface area contributed by atoms with Gasteiger partial charge in [-0.25, -0.2) is 9.97 Å². The van der Waals surface area contributed by atoms with Gasteiger partial charge in [-0.05, 0) is 19.1 Å². The van der Waals surface area contributed by atoms with Gasteiger partial charge in [0.25, 0.3) is 5.91 Å². The molecule has 0 saturated carbocycles. The maximum absolute atomic E-state index is 12.7. The predicted octanol–water partition coefficient (Wildman–Crippen LogP) is 2.02. The number of nitrogens with zero attached hydrogens (tertiary/aromatic N) is 4. The molecule has 1 amide bonds. The molecule has 0 bridgehead atoms. The van der Waals surface area contributed by atoms with Crippen molar-refractivity contribution in [1.29, 1.82) is 0 Å². The van der Waals surface area contributed by atoms with E-state index in [0.29, 0.717) is 31.2 Å². The Morgan fingerprint density at radius 2 is 2.12 bits per heavy atom. The number of morpholine rings is 1. The van der Waals surface area contributed by atoms with Gasteiger partial charge in [-0.2, -0.15) is 5.10 Å². The molecule has 0 aromatic carbocycles. The van der Waals surface area contributed by atoms with E-state index in [0.717, 1.165) is 11.5 Å². The fraction of sp³-hybridized carbons (Fsp3) is 0.529. The van der Waals surface area contributed by atoms with E-state index < -0.39 is 0 Å². The van der Waals surface area contributed by atoms with Crippen LogP contribution >= 0.6 is 0 Å². The molecule has 1 aliphatic heterocycles. The molecule has 1 fully saturated rings. The number of pyridine rings is 1. The number of hydrogen-bond acceptors (Lipinski definition) is 5. The summed E-state index contributed by atoms with van der Waals surface area (Å²) < 4.78 is 5.78. The normalized spacial score (nSPS) is 18.7. The Labute approximate surface area is 141 Å². The lowest BCUT2D eigenvalue weighted by atomic mass is 9.96. The van der Waals surface area contributed by atoms with Gasteiger partial charge in [0.1, 0.15) is 11.8 Å². The molecule has 1 N–H and O–H groups in total. The second-order valence-corrected chi connectivity index (χ2v) is 7.07. The fourth-order valence-corrected chi connectivity index (χ4v) is 2.58. The molecule has 3 rings (SSSR count). The van der Waals surface area contributed by atoms with Gasteiger partial charge in [0.15, 0.2) is 11.6 Å². The molecule has 3 heterocycles. The summed E-state index contributed by atoms with van der Waals surface area (Å²) in [6.45, 7) is 9.50. The molecule has 1 aliphatic rings. The molecule has 2 aromatic rings. The summed E-state index contributed by atoms with van der Waals surface area (Å²) in [6, 6.07) is 5.47. The van der Waals surface area contributed by atoms with E-state index in [1.165, 1.54) is 0 Å². The van der Waals surface area contributed by atoms with Gasteiger partial charge in [0.2, 0.25) is 0 Å². The first-order chi connectivity index (χ1) is 11.3. The van der Waals surface area contributed by atoms with Crippen LogP contribution in [0.1, 0.15) is 54.7 Å². The van der Waals surface area contributed by atoms with Gasteiger partial charge in [-0.1, -0.05) is 26.8 Å². The van der Waals surface area contributed by atoms with Crippen molar-refractivity contribution in [1.82, 2.24) is 25.1 Å². The average molecular weight is 329 g/mol. The first kappa shape index (κ1) is 16.6. The maximum Gasteiger partial charge on any atom is 0.272 e. The zero-order valence-corrected chi connectivity index (χ0v) is 14.5. The van der Waals surface area contributed by atoms with Gasteiger partial charge < -0.3 is 9.64 Å². The van der Waals surface area contributed by atoms with E-state index in [9.17, 15) is 4.79 Å². The van der Waals surface area contributed by atoms with Crippen molar-refractivity contribution in [3.63, 3.8) is 0 Å². The third-order valence-corrected chi connectivity index (χ3v) is 3.94. The minimum Gasteiger partial charge on any atom is -0.367 e. The molecule has 128 valence electrons. The van der Waals surface area contributed by atoms with Crippen LogP contribution in [0.2, 0.25) is 0 Å². The number of ether oxygens (including phenoxy) is 1. The Kier molecular flexibility index (Phi) is 4.36.